The van der Waals surface area contributed by atoms with Crippen molar-refractivity contribution in [1.29, 1.82) is 0 Å². The lowest BCUT2D eigenvalue weighted by molar-refractivity contribution is 1.30. The summed E-state index contributed by atoms with van der Waals surface area (Å²) in [6.45, 7) is 0. The minimum absolute atomic E-state index is 0.352. The molecule has 0 amide bonds. The van der Waals surface area contributed by atoms with Gasteiger partial charge in [-0.1, -0.05) is 29.3 Å². The van der Waals surface area contributed by atoms with Crippen molar-refractivity contribution in [2.24, 2.45) is 0 Å². The lowest BCUT2D eigenvalue weighted by Gasteiger charge is -2.00. The summed E-state index contributed by atoms with van der Waals surface area (Å²) < 4.78 is 0. The van der Waals surface area contributed by atoms with Crippen LogP contribution in [0.2, 0.25) is 0 Å². The van der Waals surface area contributed by atoms with Gasteiger partial charge < -0.3 is 5.32 Å². The third-order valence-corrected chi connectivity index (χ3v) is 1.54. The average molecular weight is 189 g/mol. The van der Waals surface area contributed by atoms with Gasteiger partial charge in [0.25, 0.3) is 0 Å². The molecule has 4 heteroatoms. The first kappa shape index (κ1) is 8.37. The van der Waals surface area contributed by atoms with Gasteiger partial charge in [0, 0.05) is 11.7 Å². The topological polar surface area (TPSA) is 24.9 Å². The second-order valence-corrected chi connectivity index (χ2v) is 2.42. The number of hydrogen-bond donors (Lipinski definition) is 1. The van der Waals surface area contributed by atoms with Crippen molar-refractivity contribution >= 4 is 29.0 Å². The minimum atomic E-state index is 0.352. The number of aromatic nitrogens is 1. The summed E-state index contributed by atoms with van der Waals surface area (Å²) in [5.74, 6) is 0.675. The van der Waals surface area contributed by atoms with Gasteiger partial charge in [-0.15, -0.1) is 0 Å². The number of hydrogen-bond acceptors (Lipinski definition) is 2. The van der Waals surface area contributed by atoms with E-state index in [2.05, 4.69) is 10.3 Å². The van der Waals surface area contributed by atoms with Crippen LogP contribution in [0, 0.1) is 0 Å². The van der Waals surface area contributed by atoms with E-state index in [4.69, 9.17) is 23.2 Å². The molecule has 1 heterocycles. The number of halogens is 2. The Hall–Kier alpha value is -0.730. The van der Waals surface area contributed by atoms with Crippen LogP contribution in [0.25, 0.3) is 0 Å². The molecule has 1 rings (SSSR count). The van der Waals surface area contributed by atoms with Crippen LogP contribution in [-0.2, 0) is 0 Å². The molecule has 11 heavy (non-hydrogen) atoms. The maximum atomic E-state index is 5.58. The predicted octanol–water partition coefficient (Wildman–Crippen LogP) is 2.77. The molecule has 0 aliphatic rings. The van der Waals surface area contributed by atoms with Gasteiger partial charge in [0.05, 0.1) is 0 Å². The molecule has 0 spiro atoms. The quantitative estimate of drug-likeness (QED) is 0.723. The highest BCUT2D eigenvalue weighted by Crippen LogP contribution is 2.08. The van der Waals surface area contributed by atoms with Crippen LogP contribution in [0.4, 0.5) is 5.82 Å². The molecule has 0 radical (unpaired) electrons. The van der Waals surface area contributed by atoms with E-state index < -0.39 is 0 Å². The maximum Gasteiger partial charge on any atom is 0.130 e. The van der Waals surface area contributed by atoms with E-state index in [1.807, 2.05) is 12.1 Å². The molecule has 0 bridgehead atoms. The first-order chi connectivity index (χ1) is 5.33. The van der Waals surface area contributed by atoms with Gasteiger partial charge in [-0.05, 0) is 12.1 Å². The highest BCUT2D eigenvalue weighted by Gasteiger charge is 1.91. The molecule has 1 aromatic rings. The first-order valence-corrected chi connectivity index (χ1v) is 3.78. The first-order valence-electron chi connectivity index (χ1n) is 2.97. The van der Waals surface area contributed by atoms with Crippen LogP contribution >= 0.6 is 23.2 Å². The van der Waals surface area contributed by atoms with Gasteiger partial charge in [0.1, 0.15) is 11.0 Å². The normalized spacial score (nSPS) is 11.3. The van der Waals surface area contributed by atoms with Gasteiger partial charge in [-0.2, -0.15) is 0 Å². The van der Waals surface area contributed by atoms with Crippen LogP contribution in [0.1, 0.15) is 0 Å². The summed E-state index contributed by atoms with van der Waals surface area (Å²) in [6, 6.07) is 5.47. The van der Waals surface area contributed by atoms with Crippen LogP contribution in [0.3, 0.4) is 0 Å². The van der Waals surface area contributed by atoms with E-state index in [0.29, 0.717) is 11.0 Å². The summed E-state index contributed by atoms with van der Waals surface area (Å²) in [5.41, 5.74) is 1.25. The van der Waals surface area contributed by atoms with Gasteiger partial charge in [-0.3, -0.25) is 0 Å². The van der Waals surface area contributed by atoms with Crippen LogP contribution in [-0.4, -0.2) is 4.98 Å². The van der Waals surface area contributed by atoms with Crippen molar-refractivity contribution in [2.75, 3.05) is 5.32 Å². The third kappa shape index (κ3) is 2.78. The van der Waals surface area contributed by atoms with Crippen molar-refractivity contribution in [3.8, 4) is 0 Å². The minimum Gasteiger partial charge on any atom is -0.330 e. The predicted molar refractivity (Wildman–Crippen MR) is 47.6 cm³/mol. The Labute approximate surface area is 74.8 Å². The van der Waals surface area contributed by atoms with E-state index in [1.165, 1.54) is 5.54 Å². The van der Waals surface area contributed by atoms with E-state index in [0.717, 1.165) is 0 Å². The standard InChI is InChI=1S/C7H6Cl2N2/c8-5-6(9)11-7-3-1-2-4-10-7/h1-5H,(H,10,11)/b6-5+. The van der Waals surface area contributed by atoms with Crippen LogP contribution < -0.4 is 5.32 Å². The number of rotatable bonds is 2. The van der Waals surface area contributed by atoms with Gasteiger partial charge >= 0.3 is 0 Å². The summed E-state index contributed by atoms with van der Waals surface area (Å²) in [7, 11) is 0. The fraction of sp³-hybridized carbons (Fsp3) is 0. The van der Waals surface area contributed by atoms with Crippen LogP contribution in [0.5, 0.6) is 0 Å². The summed E-state index contributed by atoms with van der Waals surface area (Å²) >= 11 is 10.9. The zero-order valence-electron chi connectivity index (χ0n) is 5.59. The molecule has 2 nitrogen and oxygen atoms in total. The highest BCUT2D eigenvalue weighted by atomic mass is 35.5. The largest absolute Gasteiger partial charge is 0.330 e. The Morgan fingerprint density at radius 1 is 1.55 bits per heavy atom. The van der Waals surface area contributed by atoms with Crippen LogP contribution in [0.15, 0.2) is 35.1 Å². The smallest absolute Gasteiger partial charge is 0.130 e. The lowest BCUT2D eigenvalue weighted by Crippen LogP contribution is -1.93. The van der Waals surface area contributed by atoms with Crippen molar-refractivity contribution in [3.05, 3.63) is 35.1 Å². The molecule has 0 fully saturated rings. The molecule has 0 atom stereocenters. The SMILES string of the molecule is Cl/C=C(\Cl)Nc1ccccn1. The van der Waals surface area contributed by atoms with Crippen molar-refractivity contribution in [1.82, 2.24) is 4.98 Å². The molecule has 0 aliphatic heterocycles. The fourth-order valence-electron chi connectivity index (χ4n) is 0.586. The molecular weight excluding hydrogens is 183 g/mol. The monoisotopic (exact) mass is 188 g/mol. The number of anilines is 1. The molecule has 58 valence electrons. The second-order valence-electron chi connectivity index (χ2n) is 1.80. The summed E-state index contributed by atoms with van der Waals surface area (Å²) in [4.78, 5) is 3.97. The zero-order valence-corrected chi connectivity index (χ0v) is 7.10. The highest BCUT2D eigenvalue weighted by molar-refractivity contribution is 6.37. The summed E-state index contributed by atoms with van der Waals surface area (Å²) in [5, 5.41) is 3.13. The molecule has 0 aromatic carbocycles. The van der Waals surface area contributed by atoms with E-state index in [1.54, 1.807) is 12.3 Å². The molecule has 0 saturated heterocycles. The Kier molecular flexibility index (Phi) is 3.20. The van der Waals surface area contributed by atoms with Gasteiger partial charge in [-0.25, -0.2) is 4.98 Å². The lowest BCUT2D eigenvalue weighted by atomic mass is 10.5. The molecule has 1 aromatic heterocycles. The zero-order chi connectivity index (χ0) is 8.10. The number of nitrogens with one attached hydrogen (secondary N) is 1. The van der Waals surface area contributed by atoms with E-state index in [-0.39, 0.29) is 0 Å². The van der Waals surface area contributed by atoms with Crippen molar-refractivity contribution < 1.29 is 0 Å². The van der Waals surface area contributed by atoms with Gasteiger partial charge in [0.15, 0.2) is 0 Å². The Morgan fingerprint density at radius 2 is 2.36 bits per heavy atom. The molecular formula is C7H6Cl2N2. The Bertz CT molecular complexity index is 246. The number of pyridine rings is 1. The maximum absolute atomic E-state index is 5.58. The average Bonchev–Trinajstić information content (AvgIpc) is 2.06. The summed E-state index contributed by atoms with van der Waals surface area (Å²) in [6.07, 6.45) is 1.67. The van der Waals surface area contributed by atoms with E-state index in [9.17, 15) is 0 Å². The second kappa shape index (κ2) is 4.21. The molecule has 1 N–H and O–H groups in total. The molecule has 0 saturated carbocycles. The van der Waals surface area contributed by atoms with Crippen molar-refractivity contribution in [2.45, 2.75) is 0 Å². The Balaban J connectivity index is 2.65. The third-order valence-electron chi connectivity index (χ3n) is 1.01. The van der Waals surface area contributed by atoms with Gasteiger partial charge in [0.2, 0.25) is 0 Å². The fourth-order valence-corrected chi connectivity index (χ4v) is 0.738. The molecule has 0 unspecified atom stereocenters. The van der Waals surface area contributed by atoms with E-state index >= 15 is 0 Å². The Morgan fingerprint density at radius 3 is 2.91 bits per heavy atom. The number of nitrogens with zero attached hydrogens (tertiary/aromatic N) is 1. The molecule has 0 aliphatic carbocycles. The van der Waals surface area contributed by atoms with Crippen molar-refractivity contribution in [3.63, 3.8) is 0 Å².